The topological polar surface area (TPSA) is 77.6 Å². The van der Waals surface area contributed by atoms with Gasteiger partial charge >= 0.3 is 0 Å². The number of rotatable bonds is 4. The Labute approximate surface area is 140 Å². The molecule has 24 heavy (non-hydrogen) atoms. The lowest BCUT2D eigenvalue weighted by Crippen LogP contribution is -2.16. The molecule has 0 radical (unpaired) electrons. The van der Waals surface area contributed by atoms with Gasteiger partial charge in [-0.1, -0.05) is 13.0 Å². The van der Waals surface area contributed by atoms with Crippen molar-refractivity contribution in [2.24, 2.45) is 7.05 Å². The largest absolute Gasteiger partial charge is 0.306 e. The molecule has 1 N–H and O–H groups in total. The minimum absolute atomic E-state index is 0.201. The fourth-order valence-corrected chi connectivity index (χ4v) is 2.80. The minimum atomic E-state index is -0.201. The van der Waals surface area contributed by atoms with Crippen LogP contribution in [-0.4, -0.2) is 30.5 Å². The number of carbonyl (C=O) groups excluding carboxylic acids is 1. The van der Waals surface area contributed by atoms with Gasteiger partial charge in [-0.25, -0.2) is 9.67 Å². The second kappa shape index (κ2) is 6.27. The molecule has 0 aliphatic heterocycles. The highest BCUT2D eigenvalue weighted by Gasteiger charge is 2.19. The molecule has 0 bridgehead atoms. The zero-order chi connectivity index (χ0) is 17.3. The maximum absolute atomic E-state index is 12.7. The van der Waals surface area contributed by atoms with Crippen LogP contribution in [0.5, 0.6) is 0 Å². The highest BCUT2D eigenvalue weighted by Crippen LogP contribution is 2.21. The fraction of sp³-hybridized carbons (Fsp3) is 0.294. The summed E-state index contributed by atoms with van der Waals surface area (Å²) >= 11 is 0. The van der Waals surface area contributed by atoms with Crippen LogP contribution in [0, 0.1) is 13.8 Å². The molecule has 0 aliphatic rings. The van der Waals surface area contributed by atoms with Crippen molar-refractivity contribution < 1.29 is 4.79 Å². The van der Waals surface area contributed by atoms with Gasteiger partial charge in [0.1, 0.15) is 5.82 Å². The monoisotopic (exact) mass is 324 g/mol. The van der Waals surface area contributed by atoms with Crippen LogP contribution in [0.2, 0.25) is 0 Å². The first-order valence-electron chi connectivity index (χ1n) is 7.82. The SMILES string of the molecule is CCc1c(C)nn(C)c1NC(=O)c1cnn(-c2ccccn2)c1C. The summed E-state index contributed by atoms with van der Waals surface area (Å²) in [6, 6.07) is 5.57. The van der Waals surface area contributed by atoms with Gasteiger partial charge in [0, 0.05) is 18.8 Å². The Balaban J connectivity index is 1.91. The Morgan fingerprint density at radius 1 is 1.29 bits per heavy atom. The van der Waals surface area contributed by atoms with Gasteiger partial charge in [-0.2, -0.15) is 10.2 Å². The molecule has 7 nitrogen and oxygen atoms in total. The van der Waals surface area contributed by atoms with E-state index in [1.165, 1.54) is 0 Å². The molecule has 0 fully saturated rings. The van der Waals surface area contributed by atoms with Crippen molar-refractivity contribution in [3.63, 3.8) is 0 Å². The number of aryl methyl sites for hydroxylation is 2. The number of carbonyl (C=O) groups is 1. The predicted molar refractivity (Wildman–Crippen MR) is 91.4 cm³/mol. The lowest BCUT2D eigenvalue weighted by atomic mass is 10.2. The number of pyridine rings is 1. The summed E-state index contributed by atoms with van der Waals surface area (Å²) in [6.07, 6.45) is 4.07. The molecule has 0 saturated carbocycles. The van der Waals surface area contributed by atoms with Crippen molar-refractivity contribution in [1.29, 1.82) is 0 Å². The van der Waals surface area contributed by atoms with Crippen LogP contribution in [-0.2, 0) is 13.5 Å². The fourth-order valence-electron chi connectivity index (χ4n) is 2.80. The van der Waals surface area contributed by atoms with E-state index in [4.69, 9.17) is 0 Å². The highest BCUT2D eigenvalue weighted by molar-refractivity contribution is 6.04. The van der Waals surface area contributed by atoms with Crippen LogP contribution in [0.3, 0.4) is 0 Å². The summed E-state index contributed by atoms with van der Waals surface area (Å²) in [7, 11) is 1.83. The summed E-state index contributed by atoms with van der Waals surface area (Å²) in [5, 5.41) is 11.6. The molecule has 0 aromatic carbocycles. The lowest BCUT2D eigenvalue weighted by Gasteiger charge is -2.08. The molecule has 3 aromatic rings. The normalized spacial score (nSPS) is 10.8. The van der Waals surface area contributed by atoms with Crippen LogP contribution in [0.15, 0.2) is 30.6 Å². The molecule has 0 unspecified atom stereocenters. The Hall–Kier alpha value is -2.96. The van der Waals surface area contributed by atoms with Crippen LogP contribution < -0.4 is 5.32 Å². The maximum Gasteiger partial charge on any atom is 0.260 e. The third-order valence-corrected chi connectivity index (χ3v) is 4.05. The van der Waals surface area contributed by atoms with Crippen molar-refractivity contribution in [2.45, 2.75) is 27.2 Å². The minimum Gasteiger partial charge on any atom is -0.306 e. The van der Waals surface area contributed by atoms with Gasteiger partial charge in [0.15, 0.2) is 5.82 Å². The van der Waals surface area contributed by atoms with Crippen molar-refractivity contribution in [1.82, 2.24) is 24.5 Å². The van der Waals surface area contributed by atoms with Crippen LogP contribution in [0.1, 0.15) is 34.2 Å². The average molecular weight is 324 g/mol. The van der Waals surface area contributed by atoms with E-state index in [0.717, 1.165) is 29.2 Å². The molecule has 3 aromatic heterocycles. The smallest absolute Gasteiger partial charge is 0.260 e. The molecule has 0 aliphatic carbocycles. The third-order valence-electron chi connectivity index (χ3n) is 4.05. The summed E-state index contributed by atoms with van der Waals surface area (Å²) in [6.45, 7) is 5.84. The van der Waals surface area contributed by atoms with Crippen molar-refractivity contribution in [3.8, 4) is 5.82 Å². The lowest BCUT2D eigenvalue weighted by molar-refractivity contribution is 0.102. The Kier molecular flexibility index (Phi) is 4.16. The molecule has 0 spiro atoms. The van der Waals surface area contributed by atoms with Crippen molar-refractivity contribution >= 4 is 11.7 Å². The van der Waals surface area contributed by atoms with E-state index >= 15 is 0 Å². The zero-order valence-electron chi connectivity index (χ0n) is 14.2. The van der Waals surface area contributed by atoms with Crippen molar-refractivity contribution in [3.05, 3.63) is 53.1 Å². The summed E-state index contributed by atoms with van der Waals surface area (Å²) < 4.78 is 3.36. The van der Waals surface area contributed by atoms with E-state index in [9.17, 15) is 4.79 Å². The van der Waals surface area contributed by atoms with Gasteiger partial charge < -0.3 is 5.32 Å². The third kappa shape index (κ3) is 2.68. The maximum atomic E-state index is 12.7. The van der Waals surface area contributed by atoms with Crippen LogP contribution in [0.4, 0.5) is 5.82 Å². The zero-order valence-corrected chi connectivity index (χ0v) is 14.2. The summed E-state index contributed by atoms with van der Waals surface area (Å²) in [5.74, 6) is 1.21. The predicted octanol–water partition coefficient (Wildman–Crippen LogP) is 2.43. The van der Waals surface area contributed by atoms with E-state index in [2.05, 4.69) is 20.5 Å². The molecule has 0 saturated heterocycles. The number of nitrogens with zero attached hydrogens (tertiary/aromatic N) is 5. The van der Waals surface area contributed by atoms with Crippen LogP contribution in [0.25, 0.3) is 5.82 Å². The number of aromatic nitrogens is 5. The van der Waals surface area contributed by atoms with E-state index < -0.39 is 0 Å². The Morgan fingerprint density at radius 2 is 2.08 bits per heavy atom. The quantitative estimate of drug-likeness (QED) is 0.799. The molecule has 124 valence electrons. The first kappa shape index (κ1) is 15.9. The number of nitrogens with one attached hydrogen (secondary N) is 1. The van der Waals surface area contributed by atoms with Gasteiger partial charge in [0.2, 0.25) is 0 Å². The summed E-state index contributed by atoms with van der Waals surface area (Å²) in [4.78, 5) is 16.9. The van der Waals surface area contributed by atoms with E-state index in [1.807, 2.05) is 46.0 Å². The number of anilines is 1. The molecular weight excluding hydrogens is 304 g/mol. The standard InChI is InChI=1S/C17H20N6O/c1-5-13-11(2)21-22(4)16(13)20-17(24)14-10-19-23(12(14)3)15-8-6-7-9-18-15/h6-10H,5H2,1-4H3,(H,20,24). The van der Waals surface area contributed by atoms with E-state index in [-0.39, 0.29) is 5.91 Å². The molecule has 3 rings (SSSR count). The van der Waals surface area contributed by atoms with E-state index in [1.54, 1.807) is 21.8 Å². The average Bonchev–Trinajstić information content (AvgIpc) is 3.08. The van der Waals surface area contributed by atoms with Gasteiger partial charge in [-0.3, -0.25) is 9.48 Å². The Morgan fingerprint density at radius 3 is 2.75 bits per heavy atom. The molecule has 0 atom stereocenters. The van der Waals surface area contributed by atoms with Crippen molar-refractivity contribution in [2.75, 3.05) is 5.32 Å². The highest BCUT2D eigenvalue weighted by atomic mass is 16.1. The van der Waals surface area contributed by atoms with Gasteiger partial charge in [-0.05, 0) is 32.4 Å². The first-order valence-corrected chi connectivity index (χ1v) is 7.82. The second-order valence-corrected chi connectivity index (χ2v) is 5.59. The van der Waals surface area contributed by atoms with Gasteiger partial charge in [0.25, 0.3) is 5.91 Å². The number of hydrogen-bond donors (Lipinski definition) is 1. The summed E-state index contributed by atoms with van der Waals surface area (Å²) in [5.41, 5.74) is 3.22. The first-order chi connectivity index (χ1) is 11.5. The Bertz CT molecular complexity index is 878. The molecule has 1 amide bonds. The number of amides is 1. The van der Waals surface area contributed by atoms with E-state index in [0.29, 0.717) is 11.4 Å². The molecule has 7 heteroatoms. The van der Waals surface area contributed by atoms with Gasteiger partial charge in [0.05, 0.1) is 23.1 Å². The molecule has 3 heterocycles. The molecular formula is C17H20N6O. The van der Waals surface area contributed by atoms with Crippen LogP contribution >= 0.6 is 0 Å². The second-order valence-electron chi connectivity index (χ2n) is 5.59. The number of hydrogen-bond acceptors (Lipinski definition) is 4. The van der Waals surface area contributed by atoms with Gasteiger partial charge in [-0.15, -0.1) is 0 Å².